The second kappa shape index (κ2) is 13.0. The predicted octanol–water partition coefficient (Wildman–Crippen LogP) is 4.98. The Kier molecular flexibility index (Phi) is 10.3. The third-order valence-corrected chi connectivity index (χ3v) is 6.20. The molecule has 0 heterocycles. The van der Waals surface area contributed by atoms with Crippen molar-refractivity contribution in [3.8, 4) is 11.8 Å². The maximum atomic E-state index is 14.0. The first-order valence-electron chi connectivity index (χ1n) is 12.6. The van der Waals surface area contributed by atoms with Crippen LogP contribution in [0.3, 0.4) is 0 Å². The molecule has 38 heavy (non-hydrogen) atoms. The van der Waals surface area contributed by atoms with E-state index < -0.39 is 42.1 Å². The number of hydrogen-bond donors (Lipinski definition) is 3. The molecule has 0 saturated heterocycles. The van der Waals surface area contributed by atoms with E-state index in [4.69, 9.17) is 4.74 Å². The van der Waals surface area contributed by atoms with Crippen molar-refractivity contribution in [2.24, 2.45) is 5.92 Å². The molecule has 2 rings (SSSR count). The van der Waals surface area contributed by atoms with Gasteiger partial charge in [-0.25, -0.2) is 4.79 Å². The van der Waals surface area contributed by atoms with E-state index in [0.29, 0.717) is 12.1 Å². The summed E-state index contributed by atoms with van der Waals surface area (Å²) < 4.78 is 5.36. The standard InChI is InChI=1S/C29H38N4O5/c1-8-18(2)24(32-28(37)38-29(5,6)7)27(36)33(17-16-30)25(21-14-9-10-15-22(21)34)26(35)31-23-19(3)12-11-13-20(23)4/h9-15,18,24-25,34H,8,17H2,1-7H3,(H,31,35)(H,32,37). The monoisotopic (exact) mass is 522 g/mol. The van der Waals surface area contributed by atoms with E-state index in [2.05, 4.69) is 10.6 Å². The van der Waals surface area contributed by atoms with Crippen LogP contribution in [-0.4, -0.2) is 46.1 Å². The number of alkyl carbamates (subject to hydrolysis) is 1. The fourth-order valence-corrected chi connectivity index (χ4v) is 4.04. The number of benzene rings is 2. The van der Waals surface area contributed by atoms with E-state index >= 15 is 0 Å². The largest absolute Gasteiger partial charge is 0.508 e. The first-order valence-corrected chi connectivity index (χ1v) is 12.6. The van der Waals surface area contributed by atoms with E-state index in [1.165, 1.54) is 12.1 Å². The van der Waals surface area contributed by atoms with Crippen LogP contribution in [-0.2, 0) is 14.3 Å². The molecule has 0 spiro atoms. The van der Waals surface area contributed by atoms with Gasteiger partial charge in [-0.15, -0.1) is 0 Å². The highest BCUT2D eigenvalue weighted by Gasteiger charge is 2.39. The van der Waals surface area contributed by atoms with Crippen LogP contribution in [0.25, 0.3) is 0 Å². The van der Waals surface area contributed by atoms with E-state index in [9.17, 15) is 24.8 Å². The lowest BCUT2D eigenvalue weighted by Gasteiger charge is -2.35. The van der Waals surface area contributed by atoms with Gasteiger partial charge in [0.05, 0.1) is 6.07 Å². The second-order valence-corrected chi connectivity index (χ2v) is 10.4. The summed E-state index contributed by atoms with van der Waals surface area (Å²) in [6.07, 6.45) is -0.255. The summed E-state index contributed by atoms with van der Waals surface area (Å²) in [5, 5.41) is 25.9. The van der Waals surface area contributed by atoms with E-state index in [1.54, 1.807) is 39.8 Å². The molecule has 3 amide bonds. The van der Waals surface area contributed by atoms with Crippen LogP contribution < -0.4 is 10.6 Å². The molecule has 0 aromatic heterocycles. The highest BCUT2D eigenvalue weighted by Crippen LogP contribution is 2.32. The lowest BCUT2D eigenvalue weighted by molar-refractivity contribution is -0.141. The van der Waals surface area contributed by atoms with Crippen molar-refractivity contribution in [2.75, 3.05) is 11.9 Å². The van der Waals surface area contributed by atoms with E-state index in [0.717, 1.165) is 16.0 Å². The third-order valence-electron chi connectivity index (χ3n) is 6.20. The summed E-state index contributed by atoms with van der Waals surface area (Å²) in [5.74, 6) is -1.79. The number of amides is 3. The maximum Gasteiger partial charge on any atom is 0.408 e. The maximum absolute atomic E-state index is 14.0. The molecule has 0 aliphatic rings. The van der Waals surface area contributed by atoms with Gasteiger partial charge in [-0.2, -0.15) is 5.26 Å². The quantitative estimate of drug-likeness (QED) is 0.398. The number of nitriles is 1. The molecule has 0 saturated carbocycles. The van der Waals surface area contributed by atoms with Gasteiger partial charge in [0.25, 0.3) is 5.91 Å². The summed E-state index contributed by atoms with van der Waals surface area (Å²) in [5.41, 5.74) is 1.57. The predicted molar refractivity (Wildman–Crippen MR) is 145 cm³/mol. The van der Waals surface area contributed by atoms with Gasteiger partial charge >= 0.3 is 6.09 Å². The first-order chi connectivity index (χ1) is 17.8. The van der Waals surface area contributed by atoms with Crippen LogP contribution in [0.4, 0.5) is 10.5 Å². The zero-order chi connectivity index (χ0) is 28.6. The zero-order valence-electron chi connectivity index (χ0n) is 23.2. The number of phenolic OH excluding ortho intramolecular Hbond substituents is 1. The number of nitrogens with zero attached hydrogens (tertiary/aromatic N) is 2. The Morgan fingerprint density at radius 1 is 1.08 bits per heavy atom. The van der Waals surface area contributed by atoms with E-state index in [-0.39, 0.29) is 17.2 Å². The van der Waals surface area contributed by atoms with Crippen LogP contribution in [0, 0.1) is 31.1 Å². The number of hydrogen-bond acceptors (Lipinski definition) is 6. The average molecular weight is 523 g/mol. The smallest absolute Gasteiger partial charge is 0.408 e. The molecule has 0 bridgehead atoms. The molecule has 3 unspecified atom stereocenters. The highest BCUT2D eigenvalue weighted by atomic mass is 16.6. The summed E-state index contributed by atoms with van der Waals surface area (Å²) in [6, 6.07) is 11.3. The average Bonchev–Trinajstić information content (AvgIpc) is 2.83. The number of para-hydroxylation sites is 2. The summed E-state index contributed by atoms with van der Waals surface area (Å²) >= 11 is 0. The highest BCUT2D eigenvalue weighted by molar-refractivity contribution is 6.00. The minimum absolute atomic E-state index is 0.153. The van der Waals surface area contributed by atoms with Crippen molar-refractivity contribution < 1.29 is 24.2 Å². The van der Waals surface area contributed by atoms with Crippen LogP contribution in [0.15, 0.2) is 42.5 Å². The van der Waals surface area contributed by atoms with Crippen molar-refractivity contribution >= 4 is 23.6 Å². The van der Waals surface area contributed by atoms with Gasteiger partial charge in [-0.05, 0) is 57.7 Å². The molecule has 3 N–H and O–H groups in total. The van der Waals surface area contributed by atoms with Crippen molar-refractivity contribution in [3.63, 3.8) is 0 Å². The number of nitrogens with one attached hydrogen (secondary N) is 2. The normalized spacial score (nSPS) is 13.4. The summed E-state index contributed by atoms with van der Waals surface area (Å²) in [7, 11) is 0. The summed E-state index contributed by atoms with van der Waals surface area (Å²) in [4.78, 5) is 41.5. The van der Waals surface area contributed by atoms with Crippen LogP contribution >= 0.6 is 0 Å². The minimum atomic E-state index is -1.35. The number of carbonyl (C=O) groups is 3. The lowest BCUT2D eigenvalue weighted by atomic mass is 9.95. The summed E-state index contributed by atoms with van der Waals surface area (Å²) in [6.45, 7) is 12.0. The molecule has 0 aliphatic heterocycles. The SMILES string of the molecule is CCC(C)C(NC(=O)OC(C)(C)C)C(=O)N(CC#N)C(C(=O)Nc1c(C)cccc1C)c1ccccc1O. The topological polar surface area (TPSA) is 132 Å². The molecule has 0 radical (unpaired) electrons. The van der Waals surface area contributed by atoms with Gasteiger partial charge in [-0.3, -0.25) is 9.59 Å². The van der Waals surface area contributed by atoms with Crippen molar-refractivity contribution in [2.45, 2.75) is 72.6 Å². The second-order valence-electron chi connectivity index (χ2n) is 10.4. The Morgan fingerprint density at radius 3 is 2.21 bits per heavy atom. The Balaban J connectivity index is 2.58. The molecule has 9 nitrogen and oxygen atoms in total. The Bertz CT molecular complexity index is 1180. The number of rotatable bonds is 9. The van der Waals surface area contributed by atoms with Crippen molar-refractivity contribution in [1.82, 2.24) is 10.2 Å². The Morgan fingerprint density at radius 2 is 1.68 bits per heavy atom. The molecular weight excluding hydrogens is 484 g/mol. The van der Waals surface area contributed by atoms with Gasteiger partial charge in [-0.1, -0.05) is 56.7 Å². The molecule has 3 atom stereocenters. The van der Waals surface area contributed by atoms with Gasteiger partial charge in [0, 0.05) is 11.3 Å². The molecule has 0 aliphatic carbocycles. The van der Waals surface area contributed by atoms with Gasteiger partial charge in [0.1, 0.15) is 30.0 Å². The Hall–Kier alpha value is -4.06. The number of aromatic hydroxyl groups is 1. The van der Waals surface area contributed by atoms with Gasteiger partial charge in [0.15, 0.2) is 0 Å². The number of aryl methyl sites for hydroxylation is 2. The molecule has 0 fully saturated rings. The van der Waals surface area contributed by atoms with Crippen molar-refractivity contribution in [3.05, 3.63) is 59.2 Å². The molecule has 204 valence electrons. The number of anilines is 1. The third kappa shape index (κ3) is 7.72. The molecule has 9 heteroatoms. The van der Waals surface area contributed by atoms with Crippen molar-refractivity contribution in [1.29, 1.82) is 5.26 Å². The molecular formula is C29H38N4O5. The van der Waals surface area contributed by atoms with Gasteiger partial charge < -0.3 is 25.4 Å². The van der Waals surface area contributed by atoms with E-state index in [1.807, 2.05) is 45.0 Å². The number of carbonyl (C=O) groups excluding carboxylic acids is 3. The number of ether oxygens (including phenoxy) is 1. The molecule has 2 aromatic carbocycles. The van der Waals surface area contributed by atoms with Crippen LogP contribution in [0.2, 0.25) is 0 Å². The van der Waals surface area contributed by atoms with Crippen LogP contribution in [0.5, 0.6) is 5.75 Å². The first kappa shape index (κ1) is 30.2. The zero-order valence-corrected chi connectivity index (χ0v) is 23.2. The lowest BCUT2D eigenvalue weighted by Crippen LogP contribution is -2.54. The minimum Gasteiger partial charge on any atom is -0.508 e. The van der Waals surface area contributed by atoms with Gasteiger partial charge in [0.2, 0.25) is 5.91 Å². The Labute approximate surface area is 224 Å². The number of phenols is 1. The fourth-order valence-electron chi connectivity index (χ4n) is 4.04. The fraction of sp³-hybridized carbons (Fsp3) is 0.448. The van der Waals surface area contributed by atoms with Crippen LogP contribution in [0.1, 0.15) is 63.8 Å². The molecule has 2 aromatic rings.